The minimum Gasteiger partial charge on any atom is -0.543 e. The first-order valence-corrected chi connectivity index (χ1v) is 12.7. The van der Waals surface area contributed by atoms with Gasteiger partial charge in [0.25, 0.3) is 24.6 Å². The van der Waals surface area contributed by atoms with Crippen LogP contribution in [0.4, 0.5) is 9.52 Å². The molecule has 3 atom stereocenters. The Balaban J connectivity index is 1.76. The van der Waals surface area contributed by atoms with Crippen LogP contribution < -0.4 is 21.9 Å². The summed E-state index contributed by atoms with van der Waals surface area (Å²) in [5, 5.41) is 17.1. The zero-order valence-corrected chi connectivity index (χ0v) is 21.5. The molecular weight excluding hydrogens is 531 g/mol. The summed E-state index contributed by atoms with van der Waals surface area (Å²) < 4.78 is 16.6. The van der Waals surface area contributed by atoms with Gasteiger partial charge in [0, 0.05) is 17.3 Å². The molecule has 2 aliphatic rings. The van der Waals surface area contributed by atoms with Crippen molar-refractivity contribution in [3.8, 4) is 0 Å². The molecule has 14 nitrogen and oxygen atoms in total. The number of allylic oxidation sites excluding steroid dienone is 1. The van der Waals surface area contributed by atoms with Gasteiger partial charge in [-0.3, -0.25) is 19.3 Å². The Kier molecular flexibility index (Phi) is 8.82. The highest BCUT2D eigenvalue weighted by atomic mass is 32.2. The summed E-state index contributed by atoms with van der Waals surface area (Å²) in [5.41, 5.74) is 10.4. The number of carbonyl (C=O) groups is 4. The van der Waals surface area contributed by atoms with Crippen LogP contribution in [0, 0.1) is 0 Å². The number of rotatable bonds is 12. The Bertz CT molecular complexity index is 1190. The van der Waals surface area contributed by atoms with E-state index in [1.807, 2.05) is 14.0 Å². The second kappa shape index (κ2) is 11.7. The number of nitrogen functional groups attached to an aromatic ring is 1. The number of fused-ring (bicyclic) bond motifs is 1. The summed E-state index contributed by atoms with van der Waals surface area (Å²) in [6.45, 7) is 1.71. The van der Waals surface area contributed by atoms with Gasteiger partial charge in [-0.2, -0.15) is 9.36 Å². The predicted molar refractivity (Wildman–Crippen MR) is 130 cm³/mol. The number of oxime groups is 1. The number of quaternary nitrogens is 1. The highest BCUT2D eigenvalue weighted by Crippen LogP contribution is 2.40. The molecule has 200 valence electrons. The predicted octanol–water partition coefficient (Wildman–Crippen LogP) is -2.32. The number of primary amides is 1. The van der Waals surface area contributed by atoms with Gasteiger partial charge in [0.15, 0.2) is 11.7 Å². The van der Waals surface area contributed by atoms with Crippen LogP contribution in [0.15, 0.2) is 28.6 Å². The molecule has 1 aromatic rings. The van der Waals surface area contributed by atoms with E-state index >= 15 is 0 Å². The van der Waals surface area contributed by atoms with Gasteiger partial charge >= 0.3 is 0 Å². The number of β-lactam (4-membered cyclic amide) rings is 1. The van der Waals surface area contributed by atoms with Gasteiger partial charge in [-0.05, 0) is 18.6 Å². The third-order valence-electron chi connectivity index (χ3n) is 5.72. The van der Waals surface area contributed by atoms with Crippen LogP contribution >= 0.6 is 23.3 Å². The first kappa shape index (κ1) is 28.0. The number of carbonyl (C=O) groups excluding carboxylic acids is 4. The van der Waals surface area contributed by atoms with Crippen molar-refractivity contribution in [1.82, 2.24) is 19.6 Å². The summed E-state index contributed by atoms with van der Waals surface area (Å²) in [6, 6.07) is -1.10. The molecule has 1 aromatic heterocycles. The minimum absolute atomic E-state index is 0.0291. The van der Waals surface area contributed by atoms with Gasteiger partial charge in [0.2, 0.25) is 11.5 Å². The summed E-state index contributed by atoms with van der Waals surface area (Å²) >= 11 is 2.01. The summed E-state index contributed by atoms with van der Waals surface area (Å²) in [7, 11) is 1.84. The Morgan fingerprint density at radius 3 is 2.73 bits per heavy atom. The van der Waals surface area contributed by atoms with Crippen LogP contribution in [0.5, 0.6) is 0 Å². The van der Waals surface area contributed by atoms with E-state index in [1.54, 1.807) is 12.2 Å². The van der Waals surface area contributed by atoms with E-state index in [2.05, 4.69) is 24.7 Å². The van der Waals surface area contributed by atoms with Crippen molar-refractivity contribution in [2.24, 2.45) is 10.9 Å². The van der Waals surface area contributed by atoms with E-state index in [0.717, 1.165) is 16.4 Å². The molecule has 0 aliphatic carbocycles. The molecule has 0 saturated carbocycles. The number of aromatic nitrogens is 2. The molecule has 2 aliphatic heterocycles. The van der Waals surface area contributed by atoms with Crippen molar-refractivity contribution >= 4 is 57.8 Å². The van der Waals surface area contributed by atoms with Crippen molar-refractivity contribution in [3.05, 3.63) is 29.2 Å². The Morgan fingerprint density at radius 1 is 1.43 bits per heavy atom. The first-order valence-electron chi connectivity index (χ1n) is 10.8. The molecule has 17 heteroatoms. The number of aliphatic carboxylic acids is 1. The quantitative estimate of drug-likeness (QED) is 0.108. The molecule has 1 unspecified atom stereocenters. The lowest BCUT2D eigenvalue weighted by molar-refractivity contribution is -0.894. The molecular formula is C20H25FN8O6S2. The molecule has 0 aromatic carbocycles. The molecule has 1 fully saturated rings. The van der Waals surface area contributed by atoms with Crippen LogP contribution in [0.25, 0.3) is 0 Å². The maximum Gasteiger partial charge on any atom is 0.278 e. The third kappa shape index (κ3) is 6.23. The molecule has 5 N–H and O–H groups in total. The second-order valence-electron chi connectivity index (χ2n) is 8.30. The topological polar surface area (TPSA) is 206 Å². The number of thioether (sulfide) groups is 1. The zero-order chi connectivity index (χ0) is 27.3. The van der Waals surface area contributed by atoms with Crippen molar-refractivity contribution < 1.29 is 38.0 Å². The molecule has 0 spiro atoms. The molecule has 3 rings (SSSR count). The molecule has 0 radical (unpaired) electrons. The number of nitrogens with zero attached hydrogens (tertiary/aromatic N) is 5. The molecule has 1 saturated heterocycles. The van der Waals surface area contributed by atoms with Gasteiger partial charge in [-0.1, -0.05) is 11.2 Å². The highest BCUT2D eigenvalue weighted by Gasteiger charge is 2.53. The van der Waals surface area contributed by atoms with Crippen molar-refractivity contribution in [3.63, 3.8) is 0 Å². The van der Waals surface area contributed by atoms with Gasteiger partial charge < -0.3 is 36.0 Å². The molecule has 3 amide bonds. The largest absolute Gasteiger partial charge is 0.543 e. The standard InChI is InChI=1S/C20H25FN8O6S2/c1-3-29(2,7-11(22)30)6-4-5-10-8-36-18-13(17(32)28(18)14(10)19(33)34)24-16(31)12(26-35-9-21)15-25-20(23)37-27-15/h4-5,13,18H,3,6-9H2,1-2H3,(H5-,22,23,24,25,27,30,31,33,34)/b5-4+,26-12+/t13-,18-,29?/m1/s1. The van der Waals surface area contributed by atoms with Crippen molar-refractivity contribution in [2.75, 3.05) is 45.0 Å². The van der Waals surface area contributed by atoms with Gasteiger partial charge in [0.05, 0.1) is 31.8 Å². The molecule has 3 heterocycles. The maximum absolute atomic E-state index is 12.9. The lowest BCUT2D eigenvalue weighted by atomic mass is 10.0. The number of alkyl halides is 1. The van der Waals surface area contributed by atoms with E-state index in [4.69, 9.17) is 11.5 Å². The Labute approximate surface area is 218 Å². The van der Waals surface area contributed by atoms with Crippen LogP contribution in [0.3, 0.4) is 0 Å². The number of anilines is 1. The van der Waals surface area contributed by atoms with Crippen LogP contribution in [0.1, 0.15) is 12.7 Å². The van der Waals surface area contributed by atoms with Crippen LogP contribution in [-0.4, -0.2) is 98.9 Å². The van der Waals surface area contributed by atoms with E-state index in [-0.39, 0.29) is 29.0 Å². The fourth-order valence-electron chi connectivity index (χ4n) is 3.70. The number of amides is 3. The number of hydrogen-bond acceptors (Lipinski definition) is 12. The van der Waals surface area contributed by atoms with Crippen LogP contribution in [0.2, 0.25) is 0 Å². The lowest BCUT2D eigenvalue weighted by Crippen LogP contribution is -2.71. The zero-order valence-electron chi connectivity index (χ0n) is 19.9. The van der Waals surface area contributed by atoms with Crippen molar-refractivity contribution in [2.45, 2.75) is 18.3 Å². The van der Waals surface area contributed by atoms with Crippen LogP contribution in [-0.2, 0) is 24.0 Å². The number of hydrogen-bond donors (Lipinski definition) is 3. The number of carboxylic acid groups (broad SMARTS) is 1. The van der Waals surface area contributed by atoms with E-state index in [9.17, 15) is 28.7 Å². The minimum atomic E-state index is -1.55. The van der Waals surface area contributed by atoms with Gasteiger partial charge in [-0.25, -0.2) is 4.39 Å². The fourth-order valence-corrected chi connectivity index (χ4v) is 5.46. The smallest absolute Gasteiger partial charge is 0.278 e. The fraction of sp³-hybridized carbons (Fsp3) is 0.450. The average molecular weight is 557 g/mol. The monoisotopic (exact) mass is 556 g/mol. The average Bonchev–Trinajstić information content (AvgIpc) is 3.27. The SMILES string of the molecule is CC[N+](C)(C/C=C/C1=C(C(=O)[O-])N2C(=O)[C@@H](NC(=O)/C(=N/OCF)c3nsc(N)n3)[C@H]2SC1)CC(N)=O. The van der Waals surface area contributed by atoms with Gasteiger partial charge in [0.1, 0.15) is 11.4 Å². The first-order chi connectivity index (χ1) is 17.5. The van der Waals surface area contributed by atoms with Crippen molar-refractivity contribution in [1.29, 1.82) is 0 Å². The Hall–Kier alpha value is -3.57. The summed E-state index contributed by atoms with van der Waals surface area (Å²) in [6.07, 6.45) is 3.30. The second-order valence-corrected chi connectivity index (χ2v) is 10.2. The molecule has 37 heavy (non-hydrogen) atoms. The van der Waals surface area contributed by atoms with E-state index < -0.39 is 47.7 Å². The Morgan fingerprint density at radius 2 is 2.16 bits per heavy atom. The number of carboxylic acids is 1. The maximum atomic E-state index is 12.9. The van der Waals surface area contributed by atoms with E-state index in [0.29, 0.717) is 23.1 Å². The summed E-state index contributed by atoms with van der Waals surface area (Å²) in [5.74, 6) is -3.63. The molecule has 0 bridgehead atoms. The lowest BCUT2D eigenvalue weighted by Gasteiger charge is -2.50. The van der Waals surface area contributed by atoms with Gasteiger partial charge in [-0.15, -0.1) is 11.8 Å². The van der Waals surface area contributed by atoms with E-state index in [1.165, 1.54) is 11.8 Å². The number of nitrogens with two attached hydrogens (primary N) is 2. The number of nitrogens with one attached hydrogen (secondary N) is 1. The summed E-state index contributed by atoms with van der Waals surface area (Å²) in [4.78, 5) is 58.1. The number of likely N-dealkylation sites (N-methyl/N-ethyl adjacent to an activating group) is 1. The third-order valence-corrected chi connectivity index (χ3v) is 7.56. The normalized spacial score (nSPS) is 21.3. The highest BCUT2D eigenvalue weighted by molar-refractivity contribution is 8.00. The number of halogens is 1.